The van der Waals surface area contributed by atoms with E-state index >= 15 is 0 Å². The van der Waals surface area contributed by atoms with Gasteiger partial charge >= 0.3 is 6.03 Å². The molecule has 4 heterocycles. The number of nitrogens with zero attached hydrogens (tertiary/aromatic N) is 2. The van der Waals surface area contributed by atoms with Gasteiger partial charge in [-0.3, -0.25) is 20.0 Å². The van der Waals surface area contributed by atoms with Gasteiger partial charge in [0.2, 0.25) is 0 Å². The lowest BCUT2D eigenvalue weighted by molar-refractivity contribution is -0.127. The second-order valence-electron chi connectivity index (χ2n) is 6.95. The molecule has 2 aromatic rings. The van der Waals surface area contributed by atoms with Crippen molar-refractivity contribution in [2.75, 3.05) is 19.6 Å². The summed E-state index contributed by atoms with van der Waals surface area (Å²) in [5.41, 5.74) is -0.286. The maximum atomic E-state index is 12.7. The number of urea groups is 1. The molecule has 0 spiro atoms. The van der Waals surface area contributed by atoms with E-state index < -0.39 is 11.6 Å². The summed E-state index contributed by atoms with van der Waals surface area (Å²) in [4.78, 5) is 31.1. The van der Waals surface area contributed by atoms with E-state index in [4.69, 9.17) is 4.42 Å². The molecule has 0 aliphatic carbocycles. The molecule has 2 aliphatic rings. The molecule has 0 bridgehead atoms. The van der Waals surface area contributed by atoms with Crippen LogP contribution in [0.1, 0.15) is 24.2 Å². The number of pyridine rings is 1. The fraction of sp³-hybridized carbons (Fsp3) is 0.350. The molecule has 0 saturated carbocycles. The summed E-state index contributed by atoms with van der Waals surface area (Å²) in [6, 6.07) is 7.00. The van der Waals surface area contributed by atoms with Crippen LogP contribution in [0.5, 0.6) is 0 Å². The van der Waals surface area contributed by atoms with Crippen LogP contribution < -0.4 is 10.6 Å². The molecule has 2 fully saturated rings. The van der Waals surface area contributed by atoms with Crippen molar-refractivity contribution >= 4 is 18.0 Å². The van der Waals surface area contributed by atoms with Gasteiger partial charge in [-0.25, -0.2) is 4.79 Å². The number of nitrogens with one attached hydrogen (secondary N) is 2. The van der Waals surface area contributed by atoms with Crippen LogP contribution in [0.2, 0.25) is 0 Å². The first-order chi connectivity index (χ1) is 13.2. The molecule has 2 saturated heterocycles. The van der Waals surface area contributed by atoms with Crippen molar-refractivity contribution in [2.45, 2.75) is 18.4 Å². The van der Waals surface area contributed by atoms with Crippen molar-refractivity contribution in [3.63, 3.8) is 0 Å². The van der Waals surface area contributed by atoms with Crippen LogP contribution >= 0.6 is 0 Å². The normalized spacial score (nSPS) is 24.3. The van der Waals surface area contributed by atoms with Crippen LogP contribution in [0.25, 0.3) is 6.08 Å². The number of hydrogen-bond acceptors (Lipinski definition) is 5. The van der Waals surface area contributed by atoms with Gasteiger partial charge < -0.3 is 9.73 Å². The zero-order valence-corrected chi connectivity index (χ0v) is 14.9. The first kappa shape index (κ1) is 17.5. The van der Waals surface area contributed by atoms with Crippen molar-refractivity contribution < 1.29 is 14.0 Å². The number of furan rings is 1. The SMILES string of the molecule is O=C1NC(=O)C(c2cccnc2)(C2CCN(C/C=C/c3ccco3)CC2)N1. The van der Waals surface area contributed by atoms with Crippen molar-refractivity contribution in [1.29, 1.82) is 0 Å². The summed E-state index contributed by atoms with van der Waals surface area (Å²) in [6.45, 7) is 2.54. The topological polar surface area (TPSA) is 87.5 Å². The molecule has 2 N–H and O–H groups in total. The van der Waals surface area contributed by atoms with E-state index in [0.717, 1.165) is 43.8 Å². The Morgan fingerprint density at radius 3 is 2.74 bits per heavy atom. The molecule has 1 unspecified atom stereocenters. The van der Waals surface area contributed by atoms with Crippen LogP contribution in [0.15, 0.2) is 53.4 Å². The van der Waals surface area contributed by atoms with E-state index in [-0.39, 0.29) is 11.8 Å². The van der Waals surface area contributed by atoms with Gasteiger partial charge in [0.25, 0.3) is 5.91 Å². The van der Waals surface area contributed by atoms with Crippen molar-refractivity contribution in [3.05, 3.63) is 60.3 Å². The van der Waals surface area contributed by atoms with Crippen molar-refractivity contribution in [2.24, 2.45) is 5.92 Å². The number of carbonyl (C=O) groups excluding carboxylic acids is 2. The number of carbonyl (C=O) groups is 2. The monoisotopic (exact) mass is 366 g/mol. The van der Waals surface area contributed by atoms with E-state index in [1.165, 1.54) is 0 Å². The number of piperidine rings is 1. The zero-order valence-electron chi connectivity index (χ0n) is 14.9. The minimum Gasteiger partial charge on any atom is -0.465 e. The summed E-state index contributed by atoms with van der Waals surface area (Å²) in [5, 5.41) is 5.31. The van der Waals surface area contributed by atoms with Crippen LogP contribution in [0.3, 0.4) is 0 Å². The molecule has 1 atom stereocenters. The van der Waals surface area contributed by atoms with Gasteiger partial charge in [0.1, 0.15) is 5.76 Å². The Bertz CT molecular complexity index is 826. The lowest BCUT2D eigenvalue weighted by atomic mass is 9.73. The number of imide groups is 1. The highest BCUT2D eigenvalue weighted by molar-refractivity contribution is 6.07. The van der Waals surface area contributed by atoms with E-state index in [1.807, 2.05) is 24.3 Å². The van der Waals surface area contributed by atoms with E-state index in [1.54, 1.807) is 24.7 Å². The summed E-state index contributed by atoms with van der Waals surface area (Å²) in [5.74, 6) is 0.584. The summed E-state index contributed by atoms with van der Waals surface area (Å²) < 4.78 is 5.30. The van der Waals surface area contributed by atoms with Gasteiger partial charge in [0, 0.05) is 24.5 Å². The van der Waals surface area contributed by atoms with Gasteiger partial charge in [-0.15, -0.1) is 0 Å². The van der Waals surface area contributed by atoms with Gasteiger partial charge in [0.05, 0.1) is 6.26 Å². The van der Waals surface area contributed by atoms with Gasteiger partial charge in [-0.05, 0) is 56.1 Å². The van der Waals surface area contributed by atoms with Gasteiger partial charge in [-0.1, -0.05) is 12.1 Å². The van der Waals surface area contributed by atoms with Crippen LogP contribution in [-0.2, 0) is 10.3 Å². The summed E-state index contributed by atoms with van der Waals surface area (Å²) in [7, 11) is 0. The number of likely N-dealkylation sites (tertiary alicyclic amines) is 1. The molecule has 140 valence electrons. The molecule has 2 aliphatic heterocycles. The van der Waals surface area contributed by atoms with Crippen LogP contribution in [0, 0.1) is 5.92 Å². The third-order valence-corrected chi connectivity index (χ3v) is 5.40. The fourth-order valence-electron chi connectivity index (χ4n) is 4.04. The van der Waals surface area contributed by atoms with E-state index in [0.29, 0.717) is 0 Å². The Labute approximate surface area is 157 Å². The Balaban J connectivity index is 1.45. The van der Waals surface area contributed by atoms with Crippen LogP contribution in [0.4, 0.5) is 4.79 Å². The highest BCUT2D eigenvalue weighted by Gasteiger charge is 2.53. The molecule has 3 amide bonds. The first-order valence-electron chi connectivity index (χ1n) is 9.15. The molecule has 2 aromatic heterocycles. The predicted octanol–water partition coefficient (Wildman–Crippen LogP) is 2.13. The molecule has 4 rings (SSSR count). The first-order valence-corrected chi connectivity index (χ1v) is 9.15. The average molecular weight is 366 g/mol. The molecule has 7 nitrogen and oxygen atoms in total. The maximum absolute atomic E-state index is 12.7. The van der Waals surface area contributed by atoms with E-state index in [2.05, 4.69) is 26.6 Å². The molecule has 27 heavy (non-hydrogen) atoms. The second-order valence-corrected chi connectivity index (χ2v) is 6.95. The Morgan fingerprint density at radius 1 is 1.26 bits per heavy atom. The van der Waals surface area contributed by atoms with Gasteiger partial charge in [-0.2, -0.15) is 0 Å². The average Bonchev–Trinajstić information content (AvgIpc) is 3.31. The number of hydrogen-bond donors (Lipinski definition) is 2. The number of amides is 3. The third-order valence-electron chi connectivity index (χ3n) is 5.40. The fourth-order valence-corrected chi connectivity index (χ4v) is 4.04. The Kier molecular flexibility index (Phi) is 4.77. The lowest BCUT2D eigenvalue weighted by Gasteiger charge is -2.40. The molecule has 0 radical (unpaired) electrons. The van der Waals surface area contributed by atoms with Gasteiger partial charge in [0.15, 0.2) is 5.54 Å². The smallest absolute Gasteiger partial charge is 0.322 e. The largest absolute Gasteiger partial charge is 0.465 e. The Morgan fingerprint density at radius 2 is 2.11 bits per heavy atom. The number of rotatable bonds is 5. The quantitative estimate of drug-likeness (QED) is 0.792. The standard InChI is InChI=1S/C20H22N4O3/c25-18-20(23-19(26)22-18,16-4-1-9-21-14-16)15-7-11-24(12-8-15)10-2-5-17-6-3-13-27-17/h1-6,9,13-15H,7-8,10-12H2,(H2,22,23,25,26)/b5-2+. The maximum Gasteiger partial charge on any atom is 0.322 e. The third kappa shape index (κ3) is 3.38. The van der Waals surface area contributed by atoms with Crippen molar-refractivity contribution in [1.82, 2.24) is 20.5 Å². The molecular formula is C20H22N4O3. The Hall–Kier alpha value is -2.93. The number of aromatic nitrogens is 1. The molecular weight excluding hydrogens is 344 g/mol. The highest BCUT2D eigenvalue weighted by atomic mass is 16.3. The highest BCUT2D eigenvalue weighted by Crippen LogP contribution is 2.38. The lowest BCUT2D eigenvalue weighted by Crippen LogP contribution is -2.53. The molecule has 0 aromatic carbocycles. The minimum absolute atomic E-state index is 0.0263. The van der Waals surface area contributed by atoms with E-state index in [9.17, 15) is 9.59 Å². The minimum atomic E-state index is -1.03. The van der Waals surface area contributed by atoms with Crippen molar-refractivity contribution in [3.8, 4) is 0 Å². The zero-order chi connectivity index (χ0) is 18.7. The predicted molar refractivity (Wildman–Crippen MR) is 99.5 cm³/mol. The van der Waals surface area contributed by atoms with Crippen LogP contribution in [-0.4, -0.2) is 41.5 Å². The summed E-state index contributed by atoms with van der Waals surface area (Å²) in [6.07, 6.45) is 10.7. The molecule has 7 heteroatoms. The summed E-state index contributed by atoms with van der Waals surface area (Å²) >= 11 is 0. The second kappa shape index (κ2) is 7.36.